The Morgan fingerprint density at radius 2 is 2.07 bits per heavy atom. The third-order valence-corrected chi connectivity index (χ3v) is 2.85. The van der Waals surface area contributed by atoms with Gasteiger partial charge in [-0.3, -0.25) is 4.90 Å². The summed E-state index contributed by atoms with van der Waals surface area (Å²) >= 11 is 0. The van der Waals surface area contributed by atoms with Crippen LogP contribution in [0.4, 0.5) is 0 Å². The number of aryl methyl sites for hydroxylation is 1. The summed E-state index contributed by atoms with van der Waals surface area (Å²) in [6.45, 7) is 4.41. The first kappa shape index (κ1) is 10.5. The van der Waals surface area contributed by atoms with Crippen LogP contribution in [-0.2, 0) is 13.6 Å². The minimum absolute atomic E-state index is 0.494. The normalized spacial score (nSPS) is 21.8. The third kappa shape index (κ3) is 2.73. The van der Waals surface area contributed by atoms with Crippen molar-refractivity contribution in [2.45, 2.75) is 31.9 Å². The Labute approximate surface area is 88.9 Å². The van der Waals surface area contributed by atoms with E-state index in [1.54, 1.807) is 7.05 Å². The van der Waals surface area contributed by atoms with Crippen LogP contribution >= 0.6 is 0 Å². The zero-order chi connectivity index (χ0) is 10.9. The number of tetrazole rings is 1. The van der Waals surface area contributed by atoms with Crippen LogP contribution in [0.15, 0.2) is 0 Å². The van der Waals surface area contributed by atoms with Gasteiger partial charge in [-0.25, -0.2) is 0 Å². The van der Waals surface area contributed by atoms with Gasteiger partial charge in [-0.15, -0.1) is 10.2 Å². The molecule has 0 saturated carbocycles. The summed E-state index contributed by atoms with van der Waals surface area (Å²) in [5.74, 6) is 0.749. The number of nitrogens with zero attached hydrogens (tertiary/aromatic N) is 5. The molecule has 2 heterocycles. The quantitative estimate of drug-likeness (QED) is 0.718. The molecule has 0 bridgehead atoms. The molecule has 0 unspecified atom stereocenters. The smallest absolute Gasteiger partial charge is 0.188 e. The predicted octanol–water partition coefficient (Wildman–Crippen LogP) is -0.443. The molecule has 0 aliphatic carbocycles. The van der Waals surface area contributed by atoms with Gasteiger partial charge in [-0.05, 0) is 25.0 Å². The third-order valence-electron chi connectivity index (χ3n) is 2.85. The second-order valence-corrected chi connectivity index (χ2v) is 4.47. The summed E-state index contributed by atoms with van der Waals surface area (Å²) in [4.78, 5) is 3.71. The van der Waals surface area contributed by atoms with Gasteiger partial charge in [0, 0.05) is 13.1 Å². The van der Waals surface area contributed by atoms with Crippen molar-refractivity contribution < 1.29 is 5.11 Å². The molecule has 1 aromatic heterocycles. The zero-order valence-corrected chi connectivity index (χ0v) is 9.22. The van der Waals surface area contributed by atoms with Gasteiger partial charge >= 0.3 is 0 Å². The van der Waals surface area contributed by atoms with Crippen LogP contribution in [-0.4, -0.2) is 48.9 Å². The van der Waals surface area contributed by atoms with Crippen molar-refractivity contribution in [2.75, 3.05) is 13.1 Å². The maximum atomic E-state index is 9.79. The van der Waals surface area contributed by atoms with E-state index in [0.29, 0.717) is 0 Å². The van der Waals surface area contributed by atoms with Gasteiger partial charge in [0.15, 0.2) is 5.82 Å². The van der Waals surface area contributed by atoms with Crippen LogP contribution in [0.3, 0.4) is 0 Å². The molecule has 1 aliphatic rings. The Bertz CT molecular complexity index is 325. The standard InChI is InChI=1S/C9H17N5O/c1-9(15)3-5-14(6-4-9)7-8-10-12-13(2)11-8/h15H,3-7H2,1-2H3. The van der Waals surface area contributed by atoms with E-state index in [0.717, 1.165) is 38.3 Å². The highest BCUT2D eigenvalue weighted by molar-refractivity contribution is 4.85. The fraction of sp³-hybridized carbons (Fsp3) is 0.889. The molecular weight excluding hydrogens is 194 g/mol. The molecule has 0 aromatic carbocycles. The molecule has 0 atom stereocenters. The monoisotopic (exact) mass is 211 g/mol. The molecule has 1 N–H and O–H groups in total. The molecule has 15 heavy (non-hydrogen) atoms. The second kappa shape index (κ2) is 3.86. The Morgan fingerprint density at radius 3 is 2.60 bits per heavy atom. The first-order chi connectivity index (χ1) is 7.05. The Morgan fingerprint density at radius 1 is 1.40 bits per heavy atom. The van der Waals surface area contributed by atoms with Crippen molar-refractivity contribution in [3.8, 4) is 0 Å². The molecule has 84 valence electrons. The lowest BCUT2D eigenvalue weighted by Gasteiger charge is -2.35. The SMILES string of the molecule is Cn1nnc(CN2CCC(C)(O)CC2)n1. The van der Waals surface area contributed by atoms with E-state index in [1.807, 2.05) is 6.92 Å². The molecule has 0 radical (unpaired) electrons. The summed E-state index contributed by atoms with van der Waals surface area (Å²) in [6.07, 6.45) is 1.63. The second-order valence-electron chi connectivity index (χ2n) is 4.47. The van der Waals surface area contributed by atoms with Gasteiger partial charge in [0.1, 0.15) is 0 Å². The van der Waals surface area contributed by atoms with Crippen molar-refractivity contribution in [2.24, 2.45) is 7.05 Å². The van der Waals surface area contributed by atoms with Crippen LogP contribution in [0.1, 0.15) is 25.6 Å². The number of likely N-dealkylation sites (tertiary alicyclic amines) is 1. The lowest BCUT2D eigenvalue weighted by molar-refractivity contribution is -0.00789. The van der Waals surface area contributed by atoms with E-state index >= 15 is 0 Å². The number of rotatable bonds is 2. The fourth-order valence-electron chi connectivity index (χ4n) is 1.78. The van der Waals surface area contributed by atoms with Gasteiger partial charge < -0.3 is 5.11 Å². The maximum Gasteiger partial charge on any atom is 0.188 e. The lowest BCUT2D eigenvalue weighted by atomic mass is 9.94. The average Bonchev–Trinajstić information content (AvgIpc) is 2.55. The minimum Gasteiger partial charge on any atom is -0.390 e. The molecule has 1 saturated heterocycles. The summed E-state index contributed by atoms with van der Waals surface area (Å²) < 4.78 is 0. The highest BCUT2D eigenvalue weighted by Crippen LogP contribution is 2.21. The van der Waals surface area contributed by atoms with Gasteiger partial charge in [-0.2, -0.15) is 4.80 Å². The highest BCUT2D eigenvalue weighted by atomic mass is 16.3. The van der Waals surface area contributed by atoms with Crippen LogP contribution in [0.25, 0.3) is 0 Å². The molecule has 2 rings (SSSR count). The number of hydrogen-bond donors (Lipinski definition) is 1. The maximum absolute atomic E-state index is 9.79. The van der Waals surface area contributed by atoms with Gasteiger partial charge in [0.05, 0.1) is 19.2 Å². The Kier molecular flexibility index (Phi) is 2.70. The molecule has 1 aliphatic heterocycles. The van der Waals surface area contributed by atoms with E-state index in [-0.39, 0.29) is 0 Å². The number of piperidine rings is 1. The van der Waals surface area contributed by atoms with Crippen LogP contribution < -0.4 is 0 Å². The first-order valence-corrected chi connectivity index (χ1v) is 5.23. The summed E-state index contributed by atoms with van der Waals surface area (Å²) in [7, 11) is 1.76. The largest absolute Gasteiger partial charge is 0.390 e. The van der Waals surface area contributed by atoms with E-state index in [4.69, 9.17) is 0 Å². The van der Waals surface area contributed by atoms with Crippen molar-refractivity contribution in [1.29, 1.82) is 0 Å². The van der Waals surface area contributed by atoms with E-state index < -0.39 is 5.60 Å². The molecule has 1 aromatic rings. The van der Waals surface area contributed by atoms with Crippen LogP contribution in [0, 0.1) is 0 Å². The van der Waals surface area contributed by atoms with Crippen LogP contribution in [0.2, 0.25) is 0 Å². The average molecular weight is 211 g/mol. The topological polar surface area (TPSA) is 67.1 Å². The molecule has 6 heteroatoms. The summed E-state index contributed by atoms with van der Waals surface area (Å²) in [6, 6.07) is 0. The van der Waals surface area contributed by atoms with Crippen molar-refractivity contribution in [3.63, 3.8) is 0 Å². The number of aliphatic hydroxyl groups is 1. The fourth-order valence-corrected chi connectivity index (χ4v) is 1.78. The van der Waals surface area contributed by atoms with Crippen molar-refractivity contribution in [1.82, 2.24) is 25.1 Å². The van der Waals surface area contributed by atoms with Crippen molar-refractivity contribution in [3.05, 3.63) is 5.82 Å². The minimum atomic E-state index is -0.494. The molecular formula is C9H17N5O. The molecule has 6 nitrogen and oxygen atoms in total. The first-order valence-electron chi connectivity index (χ1n) is 5.23. The summed E-state index contributed by atoms with van der Waals surface area (Å²) in [5, 5.41) is 21.7. The predicted molar refractivity (Wildman–Crippen MR) is 53.9 cm³/mol. The van der Waals surface area contributed by atoms with E-state index in [9.17, 15) is 5.11 Å². The van der Waals surface area contributed by atoms with Gasteiger partial charge in [0.25, 0.3) is 0 Å². The number of hydrogen-bond acceptors (Lipinski definition) is 5. The Balaban J connectivity index is 1.87. The van der Waals surface area contributed by atoms with Crippen LogP contribution in [0.5, 0.6) is 0 Å². The number of aromatic nitrogens is 4. The van der Waals surface area contributed by atoms with E-state index in [1.165, 1.54) is 4.80 Å². The van der Waals surface area contributed by atoms with Gasteiger partial charge in [0.2, 0.25) is 0 Å². The highest BCUT2D eigenvalue weighted by Gasteiger charge is 2.27. The van der Waals surface area contributed by atoms with E-state index in [2.05, 4.69) is 20.3 Å². The Hall–Kier alpha value is -1.01. The molecule has 0 spiro atoms. The lowest BCUT2D eigenvalue weighted by Crippen LogP contribution is -2.42. The molecule has 1 fully saturated rings. The molecule has 0 amide bonds. The summed E-state index contributed by atoms with van der Waals surface area (Å²) in [5.41, 5.74) is -0.494. The van der Waals surface area contributed by atoms with Gasteiger partial charge in [-0.1, -0.05) is 0 Å². The zero-order valence-electron chi connectivity index (χ0n) is 9.22. The van der Waals surface area contributed by atoms with Crippen molar-refractivity contribution >= 4 is 0 Å².